The number of hydrogen-bond acceptors (Lipinski definition) is 2. The summed E-state index contributed by atoms with van der Waals surface area (Å²) in [6.45, 7) is 9.84. The lowest BCUT2D eigenvalue weighted by molar-refractivity contribution is 0.180. The van der Waals surface area contributed by atoms with Crippen LogP contribution in [0.5, 0.6) is 0 Å². The Bertz CT molecular complexity index is 431. The summed E-state index contributed by atoms with van der Waals surface area (Å²) in [4.78, 5) is 0. The number of nitrogens with two attached hydrogens (primary N) is 1. The summed E-state index contributed by atoms with van der Waals surface area (Å²) in [5.41, 5.74) is 12.5. The molecule has 2 heteroatoms. The first-order valence-corrected chi connectivity index (χ1v) is 6.53. The van der Waals surface area contributed by atoms with Gasteiger partial charge in [-0.15, -0.1) is 0 Å². The van der Waals surface area contributed by atoms with Gasteiger partial charge in [-0.3, -0.25) is 0 Å². The molecule has 0 bridgehead atoms. The van der Waals surface area contributed by atoms with E-state index in [1.165, 1.54) is 36.0 Å². The van der Waals surface area contributed by atoms with E-state index >= 15 is 0 Å². The molecule has 0 radical (unpaired) electrons. The van der Waals surface area contributed by atoms with Crippen LogP contribution in [-0.2, 0) is 0 Å². The molecule has 0 saturated heterocycles. The van der Waals surface area contributed by atoms with Gasteiger partial charge in [0.2, 0.25) is 0 Å². The molecule has 17 heavy (non-hydrogen) atoms. The van der Waals surface area contributed by atoms with Crippen LogP contribution in [0.2, 0.25) is 0 Å². The molecule has 0 spiro atoms. The molecule has 2 rings (SSSR count). The second-order valence-electron chi connectivity index (χ2n) is 5.93. The first-order valence-electron chi connectivity index (χ1n) is 6.53. The number of aryl methyl sites for hydroxylation is 1. The van der Waals surface area contributed by atoms with E-state index in [0.29, 0.717) is 5.41 Å². The van der Waals surface area contributed by atoms with Gasteiger partial charge in [0.1, 0.15) is 0 Å². The molecule has 1 aliphatic rings. The SMILES string of the molecule is Cc1cc(N)c(NCC2(C)CCC2)c(C)c1C. The molecule has 0 amide bonds. The highest BCUT2D eigenvalue weighted by Crippen LogP contribution is 2.41. The van der Waals surface area contributed by atoms with Gasteiger partial charge < -0.3 is 11.1 Å². The minimum absolute atomic E-state index is 0.484. The van der Waals surface area contributed by atoms with E-state index in [9.17, 15) is 0 Å². The molecule has 0 aliphatic heterocycles. The van der Waals surface area contributed by atoms with Crippen molar-refractivity contribution in [2.75, 3.05) is 17.6 Å². The number of nitrogen functional groups attached to an aromatic ring is 1. The van der Waals surface area contributed by atoms with Crippen LogP contribution in [0.3, 0.4) is 0 Å². The molecule has 3 N–H and O–H groups in total. The van der Waals surface area contributed by atoms with Crippen LogP contribution in [-0.4, -0.2) is 6.54 Å². The summed E-state index contributed by atoms with van der Waals surface area (Å²) in [7, 11) is 0. The fourth-order valence-corrected chi connectivity index (χ4v) is 2.61. The molecule has 2 nitrogen and oxygen atoms in total. The van der Waals surface area contributed by atoms with Crippen molar-refractivity contribution in [1.82, 2.24) is 0 Å². The lowest BCUT2D eigenvalue weighted by Crippen LogP contribution is -2.33. The van der Waals surface area contributed by atoms with Crippen molar-refractivity contribution in [1.29, 1.82) is 0 Å². The van der Waals surface area contributed by atoms with E-state index in [2.05, 4.69) is 39.1 Å². The van der Waals surface area contributed by atoms with E-state index in [1.54, 1.807) is 0 Å². The Morgan fingerprint density at radius 2 is 1.88 bits per heavy atom. The van der Waals surface area contributed by atoms with Gasteiger partial charge in [-0.05, 0) is 61.8 Å². The van der Waals surface area contributed by atoms with E-state index in [0.717, 1.165) is 17.9 Å². The lowest BCUT2D eigenvalue weighted by Gasteiger charge is -2.39. The summed E-state index contributed by atoms with van der Waals surface area (Å²) in [5, 5.41) is 3.57. The summed E-state index contributed by atoms with van der Waals surface area (Å²) in [6, 6.07) is 2.08. The second-order valence-corrected chi connectivity index (χ2v) is 5.93. The first-order chi connectivity index (χ1) is 7.93. The van der Waals surface area contributed by atoms with Crippen molar-refractivity contribution in [3.8, 4) is 0 Å². The minimum atomic E-state index is 0.484. The monoisotopic (exact) mass is 232 g/mol. The van der Waals surface area contributed by atoms with Gasteiger partial charge in [0.05, 0.1) is 11.4 Å². The molecule has 1 aliphatic carbocycles. The van der Waals surface area contributed by atoms with Gasteiger partial charge in [-0.2, -0.15) is 0 Å². The number of benzene rings is 1. The zero-order chi connectivity index (χ0) is 12.6. The van der Waals surface area contributed by atoms with E-state index < -0.39 is 0 Å². The van der Waals surface area contributed by atoms with E-state index in [4.69, 9.17) is 5.73 Å². The molecule has 0 unspecified atom stereocenters. The Kier molecular flexibility index (Phi) is 3.07. The summed E-state index contributed by atoms with van der Waals surface area (Å²) < 4.78 is 0. The zero-order valence-corrected chi connectivity index (χ0v) is 11.5. The molecule has 1 fully saturated rings. The molecule has 0 atom stereocenters. The van der Waals surface area contributed by atoms with Crippen LogP contribution in [0.4, 0.5) is 11.4 Å². The third-order valence-corrected chi connectivity index (χ3v) is 4.44. The van der Waals surface area contributed by atoms with E-state index in [1.807, 2.05) is 0 Å². The Hall–Kier alpha value is -1.18. The van der Waals surface area contributed by atoms with Gasteiger partial charge >= 0.3 is 0 Å². The van der Waals surface area contributed by atoms with Gasteiger partial charge in [-0.25, -0.2) is 0 Å². The van der Waals surface area contributed by atoms with Crippen LogP contribution in [0, 0.1) is 26.2 Å². The average Bonchev–Trinajstić information content (AvgIpc) is 2.23. The Labute approximate surface area is 105 Å². The topological polar surface area (TPSA) is 38.0 Å². The summed E-state index contributed by atoms with van der Waals surface area (Å²) >= 11 is 0. The van der Waals surface area contributed by atoms with Crippen LogP contribution in [0.1, 0.15) is 42.9 Å². The summed E-state index contributed by atoms with van der Waals surface area (Å²) in [5.74, 6) is 0. The molecular formula is C15H24N2. The Balaban J connectivity index is 2.18. The maximum atomic E-state index is 6.12. The highest BCUT2D eigenvalue weighted by atomic mass is 14.9. The van der Waals surface area contributed by atoms with Gasteiger partial charge in [-0.1, -0.05) is 13.3 Å². The van der Waals surface area contributed by atoms with Crippen LogP contribution in [0.25, 0.3) is 0 Å². The quantitative estimate of drug-likeness (QED) is 0.778. The van der Waals surface area contributed by atoms with Crippen molar-refractivity contribution in [3.63, 3.8) is 0 Å². The van der Waals surface area contributed by atoms with Crippen LogP contribution >= 0.6 is 0 Å². The van der Waals surface area contributed by atoms with Gasteiger partial charge in [0, 0.05) is 6.54 Å². The fourth-order valence-electron chi connectivity index (χ4n) is 2.61. The van der Waals surface area contributed by atoms with Crippen molar-refractivity contribution in [2.45, 2.75) is 47.0 Å². The molecule has 1 aromatic rings. The highest BCUT2D eigenvalue weighted by Gasteiger charge is 2.31. The van der Waals surface area contributed by atoms with Crippen molar-refractivity contribution in [3.05, 3.63) is 22.8 Å². The van der Waals surface area contributed by atoms with Crippen molar-refractivity contribution >= 4 is 11.4 Å². The van der Waals surface area contributed by atoms with Gasteiger partial charge in [0.15, 0.2) is 0 Å². The third-order valence-electron chi connectivity index (χ3n) is 4.44. The first kappa shape index (κ1) is 12.3. The number of anilines is 2. The smallest absolute Gasteiger partial charge is 0.0606 e. The maximum Gasteiger partial charge on any atom is 0.0606 e. The predicted octanol–water partition coefficient (Wildman–Crippen LogP) is 3.80. The molecular weight excluding hydrogens is 208 g/mol. The highest BCUT2D eigenvalue weighted by molar-refractivity contribution is 5.73. The second kappa shape index (κ2) is 4.25. The number of hydrogen-bond donors (Lipinski definition) is 2. The maximum absolute atomic E-state index is 6.12. The lowest BCUT2D eigenvalue weighted by atomic mass is 9.70. The Morgan fingerprint density at radius 3 is 2.41 bits per heavy atom. The molecule has 1 saturated carbocycles. The number of rotatable bonds is 3. The van der Waals surface area contributed by atoms with E-state index in [-0.39, 0.29) is 0 Å². The van der Waals surface area contributed by atoms with Crippen molar-refractivity contribution < 1.29 is 0 Å². The largest absolute Gasteiger partial charge is 0.397 e. The van der Waals surface area contributed by atoms with Crippen molar-refractivity contribution in [2.24, 2.45) is 5.41 Å². The summed E-state index contributed by atoms with van der Waals surface area (Å²) in [6.07, 6.45) is 4.05. The predicted molar refractivity (Wildman–Crippen MR) is 75.5 cm³/mol. The standard InChI is InChI=1S/C15H24N2/c1-10-8-13(16)14(12(3)11(10)2)17-9-15(4)6-5-7-15/h8,17H,5-7,9,16H2,1-4H3. The fraction of sp³-hybridized carbons (Fsp3) is 0.600. The van der Waals surface area contributed by atoms with Gasteiger partial charge in [0.25, 0.3) is 0 Å². The normalized spacial score (nSPS) is 17.6. The molecule has 0 heterocycles. The molecule has 94 valence electrons. The average molecular weight is 232 g/mol. The number of nitrogens with one attached hydrogen (secondary N) is 1. The Morgan fingerprint density at radius 1 is 1.24 bits per heavy atom. The van der Waals surface area contributed by atoms with Crippen LogP contribution in [0.15, 0.2) is 6.07 Å². The molecule has 1 aromatic carbocycles. The zero-order valence-electron chi connectivity index (χ0n) is 11.5. The minimum Gasteiger partial charge on any atom is -0.397 e. The van der Waals surface area contributed by atoms with Crippen LogP contribution < -0.4 is 11.1 Å². The third kappa shape index (κ3) is 2.26. The molecule has 0 aromatic heterocycles.